The van der Waals surface area contributed by atoms with Crippen molar-refractivity contribution in [3.63, 3.8) is 0 Å². The molecule has 114 valence electrons. The predicted molar refractivity (Wildman–Crippen MR) is 82.9 cm³/mol. The van der Waals surface area contributed by atoms with E-state index in [4.69, 9.17) is 14.0 Å². The Morgan fingerprint density at radius 1 is 1.19 bits per heavy atom. The first-order valence-electron chi connectivity index (χ1n) is 7.31. The highest BCUT2D eigenvalue weighted by atomic mass is 16.7. The molecule has 0 unspecified atom stereocenters. The molecule has 0 N–H and O–H groups in total. The molecule has 1 aliphatic heterocycles. The fourth-order valence-corrected chi connectivity index (χ4v) is 2.19. The second-order valence-electron chi connectivity index (χ2n) is 6.38. The van der Waals surface area contributed by atoms with Gasteiger partial charge in [0.25, 0.3) is 0 Å². The van der Waals surface area contributed by atoms with Gasteiger partial charge in [0, 0.05) is 0 Å². The summed E-state index contributed by atoms with van der Waals surface area (Å²) in [7, 11) is -0.469. The minimum atomic E-state index is -0.469. The van der Waals surface area contributed by atoms with Gasteiger partial charge in [-0.25, -0.2) is 4.79 Å². The Morgan fingerprint density at radius 2 is 1.76 bits per heavy atom. The van der Waals surface area contributed by atoms with Crippen LogP contribution >= 0.6 is 0 Å². The number of ether oxygens (including phenoxy) is 1. The van der Waals surface area contributed by atoms with Gasteiger partial charge in [0.2, 0.25) is 0 Å². The first-order chi connectivity index (χ1) is 9.68. The van der Waals surface area contributed by atoms with Gasteiger partial charge in [0.15, 0.2) is 0 Å². The highest BCUT2D eigenvalue weighted by Gasteiger charge is 2.51. The van der Waals surface area contributed by atoms with Gasteiger partial charge >= 0.3 is 13.1 Å². The summed E-state index contributed by atoms with van der Waals surface area (Å²) in [4.78, 5) is 12.0. The number of rotatable bonds is 3. The fourth-order valence-electron chi connectivity index (χ4n) is 2.19. The summed E-state index contributed by atoms with van der Waals surface area (Å²) in [6.45, 7) is 12.1. The fraction of sp³-hybridized carbons (Fsp3) is 0.562. The molecule has 1 aromatic carbocycles. The van der Waals surface area contributed by atoms with Crippen molar-refractivity contribution >= 4 is 18.6 Å². The Kier molecular flexibility index (Phi) is 4.18. The molecule has 4 nitrogen and oxygen atoms in total. The summed E-state index contributed by atoms with van der Waals surface area (Å²) in [5.41, 5.74) is 1.49. The van der Waals surface area contributed by atoms with Gasteiger partial charge in [-0.1, -0.05) is 12.1 Å². The molecule has 1 aromatic rings. The van der Waals surface area contributed by atoms with Gasteiger partial charge < -0.3 is 14.0 Å². The van der Waals surface area contributed by atoms with Crippen LogP contribution in [0, 0.1) is 6.92 Å². The zero-order valence-corrected chi connectivity index (χ0v) is 13.6. The Morgan fingerprint density at radius 3 is 2.29 bits per heavy atom. The molecule has 0 radical (unpaired) electrons. The third-order valence-electron chi connectivity index (χ3n) is 4.28. The van der Waals surface area contributed by atoms with Crippen LogP contribution in [-0.4, -0.2) is 30.9 Å². The Bertz CT molecular complexity index is 535. The van der Waals surface area contributed by atoms with E-state index in [0.29, 0.717) is 12.2 Å². The maximum Gasteiger partial charge on any atom is 0.494 e. The number of hydrogen-bond donors (Lipinski definition) is 0. The molecule has 1 heterocycles. The van der Waals surface area contributed by atoms with Crippen LogP contribution in [0.5, 0.6) is 0 Å². The quantitative estimate of drug-likeness (QED) is 0.633. The van der Waals surface area contributed by atoms with Crippen LogP contribution in [0.3, 0.4) is 0 Å². The standard InChI is InChI=1S/C16H23BO4/c1-7-19-14(18)13-10-12(9-8-11(13)2)17-20-15(3,4)16(5,6)21-17/h8-10H,7H2,1-6H3. The summed E-state index contributed by atoms with van der Waals surface area (Å²) < 4.78 is 17.1. The van der Waals surface area contributed by atoms with Gasteiger partial charge in [0.05, 0.1) is 23.4 Å². The number of carbonyl (C=O) groups is 1. The van der Waals surface area contributed by atoms with Crippen molar-refractivity contribution in [1.82, 2.24) is 0 Å². The maximum absolute atomic E-state index is 12.0. The lowest BCUT2D eigenvalue weighted by molar-refractivity contribution is 0.00578. The molecule has 1 aliphatic rings. The molecule has 0 aliphatic carbocycles. The van der Waals surface area contributed by atoms with E-state index in [2.05, 4.69) is 0 Å². The number of aryl methyl sites for hydroxylation is 1. The summed E-state index contributed by atoms with van der Waals surface area (Å²) in [5, 5.41) is 0. The van der Waals surface area contributed by atoms with Crippen LogP contribution in [0.1, 0.15) is 50.5 Å². The largest absolute Gasteiger partial charge is 0.494 e. The number of hydrogen-bond acceptors (Lipinski definition) is 4. The zero-order valence-electron chi connectivity index (χ0n) is 13.6. The monoisotopic (exact) mass is 290 g/mol. The molecule has 0 bridgehead atoms. The molecule has 1 saturated heterocycles. The second-order valence-corrected chi connectivity index (χ2v) is 6.38. The highest BCUT2D eigenvalue weighted by Crippen LogP contribution is 2.36. The number of benzene rings is 1. The van der Waals surface area contributed by atoms with Gasteiger partial charge in [0.1, 0.15) is 0 Å². The van der Waals surface area contributed by atoms with E-state index in [9.17, 15) is 4.79 Å². The highest BCUT2D eigenvalue weighted by molar-refractivity contribution is 6.62. The first-order valence-corrected chi connectivity index (χ1v) is 7.31. The van der Waals surface area contributed by atoms with E-state index in [1.807, 2.05) is 46.8 Å². The van der Waals surface area contributed by atoms with Crippen molar-refractivity contribution in [3.05, 3.63) is 29.3 Å². The summed E-state index contributed by atoms with van der Waals surface area (Å²) in [6.07, 6.45) is 0. The minimum absolute atomic E-state index is 0.312. The van der Waals surface area contributed by atoms with E-state index in [0.717, 1.165) is 11.0 Å². The zero-order chi connectivity index (χ0) is 15.8. The molecular weight excluding hydrogens is 267 g/mol. The van der Waals surface area contributed by atoms with Crippen LogP contribution in [0.4, 0.5) is 0 Å². The summed E-state index contributed by atoms with van der Waals surface area (Å²) >= 11 is 0. The topological polar surface area (TPSA) is 44.8 Å². The SMILES string of the molecule is CCOC(=O)c1cc(B2OC(C)(C)C(C)(C)O2)ccc1C. The van der Waals surface area contributed by atoms with E-state index in [1.165, 1.54) is 0 Å². The molecule has 1 fully saturated rings. The van der Waals surface area contributed by atoms with Crippen LogP contribution < -0.4 is 5.46 Å². The first kappa shape index (κ1) is 16.1. The van der Waals surface area contributed by atoms with Crippen LogP contribution in [0.25, 0.3) is 0 Å². The third kappa shape index (κ3) is 2.99. The van der Waals surface area contributed by atoms with Crippen molar-refractivity contribution in [2.75, 3.05) is 6.61 Å². The van der Waals surface area contributed by atoms with E-state index in [1.54, 1.807) is 13.0 Å². The Labute approximate surface area is 126 Å². The van der Waals surface area contributed by atoms with E-state index < -0.39 is 18.3 Å². The van der Waals surface area contributed by atoms with Gasteiger partial charge in [-0.05, 0) is 58.6 Å². The van der Waals surface area contributed by atoms with Crippen molar-refractivity contribution in [3.8, 4) is 0 Å². The average Bonchev–Trinajstić information content (AvgIpc) is 2.59. The number of carbonyl (C=O) groups excluding carboxylic acids is 1. The van der Waals surface area contributed by atoms with E-state index in [-0.39, 0.29) is 5.97 Å². The molecule has 2 rings (SSSR count). The normalized spacial score (nSPS) is 19.6. The third-order valence-corrected chi connectivity index (χ3v) is 4.28. The molecule has 0 aromatic heterocycles. The van der Waals surface area contributed by atoms with Crippen LogP contribution in [-0.2, 0) is 14.0 Å². The average molecular weight is 290 g/mol. The van der Waals surface area contributed by atoms with Crippen molar-refractivity contribution < 1.29 is 18.8 Å². The minimum Gasteiger partial charge on any atom is -0.462 e. The Balaban J connectivity index is 2.31. The van der Waals surface area contributed by atoms with Crippen molar-refractivity contribution in [1.29, 1.82) is 0 Å². The Hall–Kier alpha value is -1.33. The summed E-state index contributed by atoms with van der Waals surface area (Å²) in [6, 6.07) is 5.63. The molecular formula is C16H23BO4. The van der Waals surface area contributed by atoms with Gasteiger partial charge in [-0.3, -0.25) is 0 Å². The predicted octanol–water partition coefficient (Wildman–Crippen LogP) is 2.47. The lowest BCUT2D eigenvalue weighted by Crippen LogP contribution is -2.41. The lowest BCUT2D eigenvalue weighted by atomic mass is 9.78. The van der Waals surface area contributed by atoms with Crippen LogP contribution in [0.15, 0.2) is 18.2 Å². The van der Waals surface area contributed by atoms with E-state index >= 15 is 0 Å². The van der Waals surface area contributed by atoms with Crippen molar-refractivity contribution in [2.24, 2.45) is 0 Å². The molecule has 0 atom stereocenters. The number of esters is 1. The molecule has 21 heavy (non-hydrogen) atoms. The maximum atomic E-state index is 12.0. The molecule has 5 heteroatoms. The molecule has 0 saturated carbocycles. The van der Waals surface area contributed by atoms with Gasteiger partial charge in [-0.2, -0.15) is 0 Å². The molecule has 0 amide bonds. The molecule has 0 spiro atoms. The second kappa shape index (κ2) is 5.46. The summed E-state index contributed by atoms with van der Waals surface area (Å²) in [5.74, 6) is -0.312. The van der Waals surface area contributed by atoms with Crippen LogP contribution in [0.2, 0.25) is 0 Å². The smallest absolute Gasteiger partial charge is 0.462 e. The van der Waals surface area contributed by atoms with Gasteiger partial charge in [-0.15, -0.1) is 0 Å². The van der Waals surface area contributed by atoms with Crippen molar-refractivity contribution in [2.45, 2.75) is 52.7 Å². The lowest BCUT2D eigenvalue weighted by Gasteiger charge is -2.32.